The van der Waals surface area contributed by atoms with E-state index in [1.54, 1.807) is 30.3 Å². The summed E-state index contributed by atoms with van der Waals surface area (Å²) in [5.74, 6) is -3.15. The van der Waals surface area contributed by atoms with Crippen LogP contribution in [0, 0.1) is 0 Å². The lowest BCUT2D eigenvalue weighted by Gasteiger charge is -2.23. The highest BCUT2D eigenvalue weighted by Gasteiger charge is 2.28. The van der Waals surface area contributed by atoms with E-state index >= 15 is 0 Å². The van der Waals surface area contributed by atoms with Crippen molar-refractivity contribution in [1.29, 1.82) is 0 Å². The lowest BCUT2D eigenvalue weighted by Crippen LogP contribution is -2.56. The number of nitrogens with two attached hydrogens (primary N) is 3. The molecule has 0 aliphatic carbocycles. The first-order chi connectivity index (χ1) is 15.5. The summed E-state index contributed by atoms with van der Waals surface area (Å²) in [7, 11) is 0. The Bertz CT molecular complexity index is 841. The highest BCUT2D eigenvalue weighted by Crippen LogP contribution is 2.06. The maximum atomic E-state index is 12.9. The Hall–Kier alpha value is -3.67. The minimum Gasteiger partial charge on any atom is -0.480 e. The zero-order valence-electron chi connectivity index (χ0n) is 18.8. The summed E-state index contributed by atoms with van der Waals surface area (Å²) in [6, 6.07) is 4.78. The van der Waals surface area contributed by atoms with Crippen LogP contribution in [0.25, 0.3) is 0 Å². The molecular weight excluding hydrogens is 430 g/mol. The number of carboxylic acids is 1. The van der Waals surface area contributed by atoms with Gasteiger partial charge in [0.1, 0.15) is 18.1 Å². The molecular formula is C21H33N7O5. The molecule has 0 aromatic heterocycles. The molecule has 33 heavy (non-hydrogen) atoms. The van der Waals surface area contributed by atoms with E-state index in [9.17, 15) is 24.3 Å². The monoisotopic (exact) mass is 463 g/mol. The summed E-state index contributed by atoms with van der Waals surface area (Å²) in [6.07, 6.45) is 0.546. The molecule has 0 fully saturated rings. The predicted molar refractivity (Wildman–Crippen MR) is 123 cm³/mol. The molecule has 182 valence electrons. The van der Waals surface area contributed by atoms with E-state index in [1.165, 1.54) is 13.8 Å². The second-order valence-corrected chi connectivity index (χ2v) is 7.62. The summed E-state index contributed by atoms with van der Waals surface area (Å²) in [5.41, 5.74) is 16.8. The van der Waals surface area contributed by atoms with Gasteiger partial charge in [-0.05, 0) is 32.3 Å². The first-order valence-electron chi connectivity index (χ1n) is 10.5. The fourth-order valence-corrected chi connectivity index (χ4v) is 2.80. The Kier molecular flexibility index (Phi) is 11.3. The van der Waals surface area contributed by atoms with Crippen LogP contribution in [-0.4, -0.2) is 65.5 Å². The molecule has 0 aliphatic rings. The molecule has 0 saturated heterocycles. The second-order valence-electron chi connectivity index (χ2n) is 7.62. The number of carbonyl (C=O) groups excluding carboxylic acids is 3. The second kappa shape index (κ2) is 13.7. The summed E-state index contributed by atoms with van der Waals surface area (Å²) >= 11 is 0. The van der Waals surface area contributed by atoms with Crippen molar-refractivity contribution in [3.05, 3.63) is 35.9 Å². The molecule has 0 radical (unpaired) electrons. The zero-order chi connectivity index (χ0) is 25.0. The van der Waals surface area contributed by atoms with Gasteiger partial charge >= 0.3 is 5.97 Å². The number of nitrogens with zero attached hydrogens (tertiary/aromatic N) is 1. The third kappa shape index (κ3) is 10.5. The predicted octanol–water partition coefficient (Wildman–Crippen LogP) is -1.81. The lowest BCUT2D eigenvalue weighted by molar-refractivity contribution is -0.142. The topological polar surface area (TPSA) is 215 Å². The number of benzene rings is 1. The third-order valence-corrected chi connectivity index (χ3v) is 4.64. The summed E-state index contributed by atoms with van der Waals surface area (Å²) in [4.78, 5) is 52.7. The van der Waals surface area contributed by atoms with E-state index in [2.05, 4.69) is 20.9 Å². The highest BCUT2D eigenvalue weighted by molar-refractivity contribution is 5.93. The van der Waals surface area contributed by atoms with Crippen molar-refractivity contribution < 1.29 is 24.3 Å². The minimum absolute atomic E-state index is 0.0669. The number of aliphatic carboxylic acids is 1. The number of aliphatic imine (C=N–C) groups is 1. The molecule has 12 nitrogen and oxygen atoms in total. The van der Waals surface area contributed by atoms with Crippen LogP contribution in [0.3, 0.4) is 0 Å². The fourth-order valence-electron chi connectivity index (χ4n) is 2.80. The molecule has 3 amide bonds. The minimum atomic E-state index is -1.21. The number of amides is 3. The van der Waals surface area contributed by atoms with Crippen molar-refractivity contribution in [2.45, 2.75) is 57.3 Å². The molecule has 4 atom stereocenters. The smallest absolute Gasteiger partial charge is 0.326 e. The third-order valence-electron chi connectivity index (χ3n) is 4.64. The molecule has 0 saturated carbocycles. The van der Waals surface area contributed by atoms with Gasteiger partial charge in [0.25, 0.3) is 0 Å². The summed E-state index contributed by atoms with van der Waals surface area (Å²) in [5, 5.41) is 17.0. The molecule has 0 spiro atoms. The molecule has 1 rings (SSSR count). The van der Waals surface area contributed by atoms with E-state index in [0.717, 1.165) is 5.56 Å². The summed E-state index contributed by atoms with van der Waals surface area (Å²) in [6.45, 7) is 3.13. The average molecular weight is 464 g/mol. The van der Waals surface area contributed by atoms with Gasteiger partial charge in [-0.1, -0.05) is 30.3 Å². The Morgan fingerprint density at radius 3 is 2.09 bits per heavy atom. The number of carbonyl (C=O) groups is 4. The number of rotatable bonds is 13. The van der Waals surface area contributed by atoms with Crippen molar-refractivity contribution in [3.63, 3.8) is 0 Å². The fraction of sp³-hybridized carbons (Fsp3) is 0.476. The normalized spacial score (nSPS) is 14.2. The highest BCUT2D eigenvalue weighted by atomic mass is 16.4. The Labute approximate surface area is 192 Å². The first-order valence-corrected chi connectivity index (χ1v) is 10.5. The molecule has 0 bridgehead atoms. The van der Waals surface area contributed by atoms with E-state index in [-0.39, 0.29) is 25.3 Å². The lowest BCUT2D eigenvalue weighted by atomic mass is 10.0. The molecule has 4 unspecified atom stereocenters. The van der Waals surface area contributed by atoms with Gasteiger partial charge in [-0.25, -0.2) is 4.79 Å². The first kappa shape index (κ1) is 27.4. The Morgan fingerprint density at radius 1 is 0.939 bits per heavy atom. The average Bonchev–Trinajstić information content (AvgIpc) is 2.75. The van der Waals surface area contributed by atoms with Crippen LogP contribution in [0.2, 0.25) is 0 Å². The van der Waals surface area contributed by atoms with Gasteiger partial charge in [0, 0.05) is 13.0 Å². The molecule has 0 aliphatic heterocycles. The maximum Gasteiger partial charge on any atom is 0.326 e. The van der Waals surface area contributed by atoms with Crippen LogP contribution in [0.5, 0.6) is 0 Å². The Morgan fingerprint density at radius 2 is 1.55 bits per heavy atom. The van der Waals surface area contributed by atoms with Crippen molar-refractivity contribution in [3.8, 4) is 0 Å². The van der Waals surface area contributed by atoms with Crippen LogP contribution in [0.15, 0.2) is 35.3 Å². The summed E-state index contributed by atoms with van der Waals surface area (Å²) < 4.78 is 0. The largest absolute Gasteiger partial charge is 0.480 e. The van der Waals surface area contributed by atoms with Gasteiger partial charge in [0.05, 0.1) is 6.04 Å². The quantitative estimate of drug-likeness (QED) is 0.100. The van der Waals surface area contributed by atoms with Crippen molar-refractivity contribution >= 4 is 29.7 Å². The van der Waals surface area contributed by atoms with E-state index in [4.69, 9.17) is 17.2 Å². The van der Waals surface area contributed by atoms with Crippen LogP contribution < -0.4 is 33.2 Å². The molecule has 12 heteroatoms. The van der Waals surface area contributed by atoms with Crippen LogP contribution in [0.1, 0.15) is 32.3 Å². The van der Waals surface area contributed by atoms with Gasteiger partial charge in [0.15, 0.2) is 5.96 Å². The van der Waals surface area contributed by atoms with E-state index in [0.29, 0.717) is 6.42 Å². The van der Waals surface area contributed by atoms with Gasteiger partial charge in [-0.3, -0.25) is 19.4 Å². The van der Waals surface area contributed by atoms with Crippen molar-refractivity contribution in [2.75, 3.05) is 6.54 Å². The zero-order valence-corrected chi connectivity index (χ0v) is 18.8. The van der Waals surface area contributed by atoms with E-state index < -0.39 is 47.9 Å². The van der Waals surface area contributed by atoms with Gasteiger partial charge in [-0.2, -0.15) is 0 Å². The molecule has 1 aromatic carbocycles. The standard InChI is InChI=1S/C21H33N7O5/c1-12(22)17(29)26-13(2)18(30)27-15(9-6-10-25-21(23)24)19(31)28-16(20(32)33)11-14-7-4-3-5-8-14/h3-5,7-8,12-13,15-16H,6,9-11,22H2,1-2H3,(H,26,29)(H,27,30)(H,28,31)(H,32,33)(H4,23,24,25). The van der Waals surface area contributed by atoms with Crippen LogP contribution in [-0.2, 0) is 25.6 Å². The molecule has 0 heterocycles. The SMILES string of the molecule is CC(N)C(=O)NC(C)C(=O)NC(CCCN=C(N)N)C(=O)NC(Cc1ccccc1)C(=O)O. The number of guanidine groups is 1. The van der Waals surface area contributed by atoms with Gasteiger partial charge < -0.3 is 38.3 Å². The van der Waals surface area contributed by atoms with Crippen molar-refractivity contribution in [1.82, 2.24) is 16.0 Å². The van der Waals surface area contributed by atoms with Crippen LogP contribution in [0.4, 0.5) is 0 Å². The van der Waals surface area contributed by atoms with Crippen LogP contribution >= 0.6 is 0 Å². The van der Waals surface area contributed by atoms with E-state index in [1.807, 2.05) is 0 Å². The number of hydrogen-bond donors (Lipinski definition) is 7. The van der Waals surface area contributed by atoms with Gasteiger partial charge in [0.2, 0.25) is 17.7 Å². The number of nitrogens with one attached hydrogen (secondary N) is 3. The Balaban J connectivity index is 2.89. The van der Waals surface area contributed by atoms with Gasteiger partial charge in [-0.15, -0.1) is 0 Å². The number of carboxylic acid groups (broad SMARTS) is 1. The number of hydrogen-bond acceptors (Lipinski definition) is 6. The van der Waals surface area contributed by atoms with Crippen molar-refractivity contribution in [2.24, 2.45) is 22.2 Å². The molecule has 1 aromatic rings. The molecule has 10 N–H and O–H groups in total. The maximum absolute atomic E-state index is 12.9.